The first-order valence-electron chi connectivity index (χ1n) is 8.79. The van der Waals surface area contributed by atoms with Gasteiger partial charge in [-0.05, 0) is 48.6 Å². The van der Waals surface area contributed by atoms with Crippen LogP contribution in [0.25, 0.3) is 0 Å². The van der Waals surface area contributed by atoms with Gasteiger partial charge in [-0.1, -0.05) is 11.2 Å². The molecule has 1 fully saturated rings. The Hall–Kier alpha value is -2.56. The smallest absolute Gasteiger partial charge is 0.322 e. The zero-order chi connectivity index (χ0) is 19.6. The molecule has 2 aromatic heterocycles. The molecule has 4 rings (SSSR count). The minimum absolute atomic E-state index is 0.00493. The van der Waals surface area contributed by atoms with E-state index in [0.717, 1.165) is 17.7 Å². The van der Waals surface area contributed by atoms with Crippen molar-refractivity contribution in [3.8, 4) is 0 Å². The molecule has 0 bridgehead atoms. The lowest BCUT2D eigenvalue weighted by Crippen LogP contribution is -2.27. The molecule has 1 aromatic carbocycles. The molecule has 0 saturated carbocycles. The second-order valence-corrected chi connectivity index (χ2v) is 9.32. The van der Waals surface area contributed by atoms with Gasteiger partial charge in [-0.25, -0.2) is 8.42 Å². The second-order valence-electron chi connectivity index (χ2n) is 6.35. The van der Waals surface area contributed by atoms with E-state index >= 15 is 0 Å². The summed E-state index contributed by atoms with van der Waals surface area (Å²) in [5, 5.41) is 12.2. The van der Waals surface area contributed by atoms with E-state index in [1.807, 2.05) is 17.5 Å². The van der Waals surface area contributed by atoms with E-state index in [0.29, 0.717) is 31.0 Å². The van der Waals surface area contributed by atoms with Gasteiger partial charge in [0.15, 0.2) is 0 Å². The summed E-state index contributed by atoms with van der Waals surface area (Å²) in [4.78, 5) is 13.6. The summed E-state index contributed by atoms with van der Waals surface area (Å²) in [7, 11) is -3.50. The van der Waals surface area contributed by atoms with Crippen LogP contribution in [0, 0.1) is 0 Å². The first-order valence-corrected chi connectivity index (χ1v) is 11.1. The third kappa shape index (κ3) is 3.98. The Morgan fingerprint density at radius 2 is 1.89 bits per heavy atom. The fraction of sp³-hybridized carbons (Fsp3) is 0.278. The number of rotatable bonds is 6. The minimum Gasteiger partial charge on any atom is -0.407 e. The summed E-state index contributed by atoms with van der Waals surface area (Å²) < 4.78 is 32.0. The molecule has 1 N–H and O–H groups in total. The molecule has 146 valence electrons. The van der Waals surface area contributed by atoms with Crippen molar-refractivity contribution in [2.24, 2.45) is 0 Å². The number of carbonyl (C=O) groups excluding carboxylic acids is 1. The van der Waals surface area contributed by atoms with Gasteiger partial charge in [0.1, 0.15) is 0 Å². The number of hydrogen-bond acceptors (Lipinski definition) is 7. The number of amides is 1. The minimum atomic E-state index is -3.50. The van der Waals surface area contributed by atoms with Gasteiger partial charge >= 0.3 is 6.01 Å². The van der Waals surface area contributed by atoms with E-state index < -0.39 is 15.9 Å². The number of hydrogen-bond donors (Lipinski definition) is 1. The van der Waals surface area contributed by atoms with Crippen molar-refractivity contribution in [2.75, 3.05) is 18.4 Å². The number of aromatic nitrogens is 2. The highest BCUT2D eigenvalue weighted by molar-refractivity contribution is 7.89. The van der Waals surface area contributed by atoms with Crippen LogP contribution in [0.4, 0.5) is 6.01 Å². The van der Waals surface area contributed by atoms with Gasteiger partial charge in [0.25, 0.3) is 5.91 Å². The lowest BCUT2D eigenvalue weighted by atomic mass is 10.2. The summed E-state index contributed by atoms with van der Waals surface area (Å²) in [6.07, 6.45) is 2.25. The summed E-state index contributed by atoms with van der Waals surface area (Å²) in [6.45, 7) is 1.07. The highest BCUT2D eigenvalue weighted by Crippen LogP contribution is 2.21. The fourth-order valence-corrected chi connectivity index (χ4v) is 5.18. The Labute approximate surface area is 166 Å². The van der Waals surface area contributed by atoms with Crippen LogP contribution >= 0.6 is 11.3 Å². The molecule has 0 atom stereocenters. The molecule has 3 heterocycles. The van der Waals surface area contributed by atoms with Gasteiger partial charge in [0, 0.05) is 23.5 Å². The monoisotopic (exact) mass is 418 g/mol. The predicted octanol–water partition coefficient (Wildman–Crippen LogP) is 2.76. The van der Waals surface area contributed by atoms with Gasteiger partial charge < -0.3 is 4.42 Å². The average Bonchev–Trinajstić information content (AvgIpc) is 3.45. The van der Waals surface area contributed by atoms with E-state index in [-0.39, 0.29) is 10.9 Å². The van der Waals surface area contributed by atoms with Gasteiger partial charge in [0.05, 0.1) is 11.3 Å². The van der Waals surface area contributed by atoms with Crippen LogP contribution in [0.15, 0.2) is 51.1 Å². The van der Waals surface area contributed by atoms with Crippen molar-refractivity contribution >= 4 is 33.3 Å². The summed E-state index contributed by atoms with van der Waals surface area (Å²) in [5.74, 6) is -0.0405. The second kappa shape index (κ2) is 7.82. The zero-order valence-electron chi connectivity index (χ0n) is 14.9. The van der Waals surface area contributed by atoms with Crippen molar-refractivity contribution in [1.82, 2.24) is 14.5 Å². The maximum atomic E-state index is 12.5. The number of nitrogens with one attached hydrogen (secondary N) is 1. The molecule has 1 saturated heterocycles. The number of thiophene rings is 1. The molecule has 28 heavy (non-hydrogen) atoms. The standard InChI is InChI=1S/C18H18N4O4S2/c23-17(19-18-21-20-16(26-18)12-14-4-3-11-27-14)13-5-7-15(8-6-13)28(24,25)22-9-1-2-10-22/h3-8,11H,1-2,9-10,12H2,(H,19,21,23). The van der Waals surface area contributed by atoms with Crippen LogP contribution in [0.5, 0.6) is 0 Å². The Balaban J connectivity index is 1.42. The van der Waals surface area contributed by atoms with E-state index in [4.69, 9.17) is 4.42 Å². The largest absolute Gasteiger partial charge is 0.407 e. The molecular formula is C18H18N4O4S2. The molecule has 3 aromatic rings. The lowest BCUT2D eigenvalue weighted by molar-refractivity contribution is 0.102. The predicted molar refractivity (Wildman–Crippen MR) is 104 cm³/mol. The van der Waals surface area contributed by atoms with Crippen LogP contribution in [0.1, 0.15) is 34.0 Å². The normalized spacial score (nSPS) is 15.0. The van der Waals surface area contributed by atoms with Crippen LogP contribution in [0.2, 0.25) is 0 Å². The van der Waals surface area contributed by atoms with Crippen LogP contribution in [-0.2, 0) is 16.4 Å². The first kappa shape index (κ1) is 18.8. The molecule has 0 aliphatic carbocycles. The van der Waals surface area contributed by atoms with Crippen LogP contribution in [0.3, 0.4) is 0 Å². The van der Waals surface area contributed by atoms with E-state index in [1.54, 1.807) is 11.3 Å². The molecule has 1 aliphatic heterocycles. The number of benzene rings is 1. The third-order valence-electron chi connectivity index (χ3n) is 4.41. The maximum Gasteiger partial charge on any atom is 0.322 e. The van der Waals surface area contributed by atoms with Gasteiger partial charge in [0.2, 0.25) is 15.9 Å². The molecule has 0 radical (unpaired) electrons. The highest BCUT2D eigenvalue weighted by Gasteiger charge is 2.27. The number of nitrogens with zero attached hydrogens (tertiary/aromatic N) is 3. The molecule has 1 aliphatic rings. The Morgan fingerprint density at radius 1 is 1.14 bits per heavy atom. The lowest BCUT2D eigenvalue weighted by Gasteiger charge is -2.15. The van der Waals surface area contributed by atoms with Crippen molar-refractivity contribution in [3.63, 3.8) is 0 Å². The fourth-order valence-electron chi connectivity index (χ4n) is 2.96. The Bertz CT molecular complexity index is 1050. The zero-order valence-corrected chi connectivity index (χ0v) is 16.5. The summed E-state index contributed by atoms with van der Waals surface area (Å²) in [6, 6.07) is 9.74. The highest BCUT2D eigenvalue weighted by atomic mass is 32.2. The topological polar surface area (TPSA) is 105 Å². The van der Waals surface area contributed by atoms with Crippen LogP contribution in [-0.4, -0.2) is 41.9 Å². The first-order chi connectivity index (χ1) is 13.5. The molecule has 1 amide bonds. The molecule has 10 heteroatoms. The van der Waals surface area contributed by atoms with E-state index in [2.05, 4.69) is 15.5 Å². The van der Waals surface area contributed by atoms with Gasteiger partial charge in [-0.3, -0.25) is 10.1 Å². The molecule has 0 spiro atoms. The maximum absolute atomic E-state index is 12.5. The molecule has 0 unspecified atom stereocenters. The summed E-state index contributed by atoms with van der Waals surface area (Å²) >= 11 is 1.58. The Morgan fingerprint density at radius 3 is 2.57 bits per heavy atom. The summed E-state index contributed by atoms with van der Waals surface area (Å²) in [5.41, 5.74) is 0.304. The molecule has 8 nitrogen and oxygen atoms in total. The Kier molecular flexibility index (Phi) is 5.25. The van der Waals surface area contributed by atoms with Crippen LogP contribution < -0.4 is 5.32 Å². The average molecular weight is 419 g/mol. The van der Waals surface area contributed by atoms with E-state index in [1.165, 1.54) is 28.6 Å². The van der Waals surface area contributed by atoms with Gasteiger partial charge in [-0.15, -0.1) is 16.4 Å². The number of sulfonamides is 1. The van der Waals surface area contributed by atoms with E-state index in [9.17, 15) is 13.2 Å². The number of carbonyl (C=O) groups is 1. The molecular weight excluding hydrogens is 400 g/mol. The van der Waals surface area contributed by atoms with Crippen molar-refractivity contribution < 1.29 is 17.6 Å². The van der Waals surface area contributed by atoms with Gasteiger partial charge in [-0.2, -0.15) is 4.31 Å². The van der Waals surface area contributed by atoms with Crippen molar-refractivity contribution in [3.05, 3.63) is 58.1 Å². The number of anilines is 1. The van der Waals surface area contributed by atoms with Crippen molar-refractivity contribution in [1.29, 1.82) is 0 Å². The SMILES string of the molecule is O=C(Nc1nnc(Cc2cccs2)o1)c1ccc(S(=O)(=O)N2CCCC2)cc1. The quantitative estimate of drug-likeness (QED) is 0.660. The third-order valence-corrected chi connectivity index (χ3v) is 7.20. The van der Waals surface area contributed by atoms with Crippen molar-refractivity contribution in [2.45, 2.75) is 24.2 Å².